The maximum Gasteiger partial charge on any atom is 0.230 e. The highest BCUT2D eigenvalue weighted by Crippen LogP contribution is 2.26. The zero-order valence-electron chi connectivity index (χ0n) is 15.4. The summed E-state index contributed by atoms with van der Waals surface area (Å²) in [5.74, 6) is 1.98. The number of pyridine rings is 1. The number of hydrogen-bond donors (Lipinski definition) is 0. The van der Waals surface area contributed by atoms with Gasteiger partial charge in [-0.15, -0.1) is 0 Å². The van der Waals surface area contributed by atoms with Crippen molar-refractivity contribution in [2.75, 3.05) is 13.1 Å². The van der Waals surface area contributed by atoms with Gasteiger partial charge in [-0.2, -0.15) is 0 Å². The summed E-state index contributed by atoms with van der Waals surface area (Å²) in [6.45, 7) is 4.07. The summed E-state index contributed by atoms with van der Waals surface area (Å²) >= 11 is 0. The molecule has 3 aromatic rings. The van der Waals surface area contributed by atoms with Gasteiger partial charge < -0.3 is 14.0 Å². The van der Waals surface area contributed by atoms with E-state index < -0.39 is 0 Å². The van der Waals surface area contributed by atoms with Crippen LogP contribution in [0.2, 0.25) is 0 Å². The molecule has 0 N–H and O–H groups in total. The van der Waals surface area contributed by atoms with Crippen LogP contribution in [0.4, 0.5) is 0 Å². The first-order valence-corrected chi connectivity index (χ1v) is 9.29. The predicted octanol–water partition coefficient (Wildman–Crippen LogP) is 2.57. The third-order valence-electron chi connectivity index (χ3n) is 4.96. The molecule has 1 unspecified atom stereocenters. The van der Waals surface area contributed by atoms with Crippen molar-refractivity contribution < 1.29 is 9.32 Å². The molecule has 0 bridgehead atoms. The summed E-state index contributed by atoms with van der Waals surface area (Å²) in [6, 6.07) is 5.82. The van der Waals surface area contributed by atoms with E-state index in [9.17, 15) is 4.79 Å². The number of likely N-dealkylation sites (tertiary alicyclic amines) is 1. The van der Waals surface area contributed by atoms with Crippen LogP contribution in [0.3, 0.4) is 0 Å². The van der Waals surface area contributed by atoms with Crippen molar-refractivity contribution in [1.29, 1.82) is 0 Å². The average molecular weight is 365 g/mol. The Morgan fingerprint density at radius 2 is 2.30 bits per heavy atom. The van der Waals surface area contributed by atoms with Gasteiger partial charge in [-0.25, -0.2) is 4.98 Å². The van der Waals surface area contributed by atoms with Gasteiger partial charge in [0.2, 0.25) is 5.91 Å². The van der Waals surface area contributed by atoms with Crippen LogP contribution < -0.4 is 0 Å². The van der Waals surface area contributed by atoms with Gasteiger partial charge >= 0.3 is 0 Å². The molecule has 1 atom stereocenters. The number of nitrogens with zero attached hydrogens (tertiary/aromatic N) is 5. The smallest absolute Gasteiger partial charge is 0.230 e. The molecule has 1 amide bonds. The number of carbonyl (C=O) groups is 1. The van der Waals surface area contributed by atoms with Gasteiger partial charge in [0.05, 0.1) is 18.7 Å². The van der Waals surface area contributed by atoms with Crippen molar-refractivity contribution >= 4 is 5.91 Å². The van der Waals surface area contributed by atoms with Gasteiger partial charge in [0.1, 0.15) is 11.6 Å². The summed E-state index contributed by atoms with van der Waals surface area (Å²) in [5, 5.41) is 3.86. The van der Waals surface area contributed by atoms with Gasteiger partial charge in [-0.3, -0.25) is 9.78 Å². The maximum absolute atomic E-state index is 12.7. The zero-order valence-corrected chi connectivity index (χ0v) is 15.4. The number of piperidine rings is 1. The minimum absolute atomic E-state index is 0.0845. The van der Waals surface area contributed by atoms with Crippen LogP contribution in [0.1, 0.15) is 41.6 Å². The molecule has 0 saturated carbocycles. The molecule has 0 aromatic carbocycles. The third-order valence-corrected chi connectivity index (χ3v) is 4.96. The lowest BCUT2D eigenvalue weighted by Gasteiger charge is -2.32. The molecule has 3 aromatic heterocycles. The number of hydrogen-bond acceptors (Lipinski definition) is 5. The highest BCUT2D eigenvalue weighted by molar-refractivity contribution is 5.78. The van der Waals surface area contributed by atoms with Crippen molar-refractivity contribution in [1.82, 2.24) is 24.6 Å². The van der Waals surface area contributed by atoms with E-state index in [1.165, 1.54) is 0 Å². The summed E-state index contributed by atoms with van der Waals surface area (Å²) < 4.78 is 7.35. The second kappa shape index (κ2) is 7.73. The molecule has 1 aliphatic heterocycles. The van der Waals surface area contributed by atoms with E-state index in [1.807, 2.05) is 42.5 Å². The first-order valence-electron chi connectivity index (χ1n) is 9.29. The fraction of sp³-hybridized carbons (Fsp3) is 0.400. The lowest BCUT2D eigenvalue weighted by molar-refractivity contribution is -0.132. The molecule has 0 aliphatic carbocycles. The van der Waals surface area contributed by atoms with E-state index >= 15 is 0 Å². The molecule has 7 nitrogen and oxygen atoms in total. The Bertz CT molecular complexity index is 902. The number of aromatic nitrogens is 4. The van der Waals surface area contributed by atoms with Crippen molar-refractivity contribution in [3.05, 3.63) is 65.8 Å². The number of amides is 1. The van der Waals surface area contributed by atoms with E-state index in [-0.39, 0.29) is 18.2 Å². The van der Waals surface area contributed by atoms with Gasteiger partial charge in [0.25, 0.3) is 0 Å². The lowest BCUT2D eigenvalue weighted by Crippen LogP contribution is -2.40. The summed E-state index contributed by atoms with van der Waals surface area (Å²) in [7, 11) is 0. The van der Waals surface area contributed by atoms with Gasteiger partial charge in [-0.1, -0.05) is 11.2 Å². The van der Waals surface area contributed by atoms with Crippen molar-refractivity contribution in [3.8, 4) is 0 Å². The quantitative estimate of drug-likeness (QED) is 0.694. The monoisotopic (exact) mass is 365 g/mol. The zero-order chi connectivity index (χ0) is 18.6. The highest BCUT2D eigenvalue weighted by Gasteiger charge is 2.28. The fourth-order valence-corrected chi connectivity index (χ4v) is 3.68. The van der Waals surface area contributed by atoms with E-state index in [0.29, 0.717) is 12.3 Å². The summed E-state index contributed by atoms with van der Waals surface area (Å²) in [5.41, 5.74) is 1.94. The Morgan fingerprint density at radius 3 is 3.07 bits per heavy atom. The third kappa shape index (κ3) is 4.07. The summed E-state index contributed by atoms with van der Waals surface area (Å²) in [6.07, 6.45) is 9.77. The first-order chi connectivity index (χ1) is 13.2. The second-order valence-corrected chi connectivity index (χ2v) is 7.06. The van der Waals surface area contributed by atoms with Crippen molar-refractivity contribution in [3.63, 3.8) is 0 Å². The normalized spacial score (nSPS) is 17.2. The van der Waals surface area contributed by atoms with Gasteiger partial charge in [0.15, 0.2) is 0 Å². The van der Waals surface area contributed by atoms with Crippen LogP contribution >= 0.6 is 0 Å². The number of imidazole rings is 1. The Labute approximate surface area is 158 Å². The molecule has 4 heterocycles. The predicted molar refractivity (Wildman–Crippen MR) is 99.1 cm³/mol. The Hall–Kier alpha value is -2.96. The summed E-state index contributed by atoms with van der Waals surface area (Å²) in [4.78, 5) is 23.4. The fourth-order valence-electron chi connectivity index (χ4n) is 3.68. The van der Waals surface area contributed by atoms with E-state index in [2.05, 4.69) is 25.8 Å². The van der Waals surface area contributed by atoms with E-state index in [4.69, 9.17) is 4.52 Å². The number of carbonyl (C=O) groups excluding carboxylic acids is 1. The molecule has 140 valence electrons. The van der Waals surface area contributed by atoms with Crippen molar-refractivity contribution in [2.45, 2.75) is 38.6 Å². The molecule has 7 heteroatoms. The average Bonchev–Trinajstić information content (AvgIpc) is 3.31. The molecule has 4 rings (SSSR count). The molecule has 0 spiro atoms. The van der Waals surface area contributed by atoms with Gasteiger partial charge in [-0.05, 0) is 31.4 Å². The Kier molecular flexibility index (Phi) is 5.00. The van der Waals surface area contributed by atoms with E-state index in [0.717, 1.165) is 43.0 Å². The van der Waals surface area contributed by atoms with Crippen LogP contribution in [-0.2, 0) is 17.8 Å². The van der Waals surface area contributed by atoms with Crippen LogP contribution in [-0.4, -0.2) is 43.6 Å². The molecule has 1 saturated heterocycles. The Morgan fingerprint density at radius 1 is 1.37 bits per heavy atom. The van der Waals surface area contributed by atoms with Crippen LogP contribution in [0.5, 0.6) is 0 Å². The minimum Gasteiger partial charge on any atom is -0.361 e. The number of aryl methyl sites for hydroxylation is 1. The minimum atomic E-state index is 0.0845. The van der Waals surface area contributed by atoms with Crippen LogP contribution in [0, 0.1) is 6.92 Å². The second-order valence-electron chi connectivity index (χ2n) is 7.06. The van der Waals surface area contributed by atoms with Crippen molar-refractivity contribution in [2.24, 2.45) is 0 Å². The van der Waals surface area contributed by atoms with Crippen LogP contribution in [0.25, 0.3) is 0 Å². The molecular formula is C20H23N5O2. The highest BCUT2D eigenvalue weighted by atomic mass is 16.5. The largest absolute Gasteiger partial charge is 0.361 e. The molecule has 0 radical (unpaired) electrons. The van der Waals surface area contributed by atoms with Crippen LogP contribution in [0.15, 0.2) is 47.5 Å². The topological polar surface area (TPSA) is 77.0 Å². The molecular weight excluding hydrogens is 342 g/mol. The number of rotatable bonds is 5. The lowest BCUT2D eigenvalue weighted by atomic mass is 9.96. The molecule has 1 aliphatic rings. The van der Waals surface area contributed by atoms with E-state index in [1.54, 1.807) is 6.20 Å². The molecule has 1 fully saturated rings. The standard InChI is InChI=1S/C20H23N5O2/c1-15-10-18(27-23-15)11-19(26)24-8-3-5-17(14-24)20-22-7-9-25(20)13-16-4-2-6-21-12-16/h2,4,6-7,9-10,12,17H,3,5,8,11,13-14H2,1H3. The van der Waals surface area contributed by atoms with Gasteiger partial charge in [0, 0.05) is 49.9 Å². The Balaban J connectivity index is 1.44. The SMILES string of the molecule is Cc1cc(CC(=O)N2CCCC(c3nccn3Cc3cccnc3)C2)on1. The molecule has 27 heavy (non-hydrogen) atoms. The first kappa shape index (κ1) is 17.5. The maximum atomic E-state index is 12.7.